The summed E-state index contributed by atoms with van der Waals surface area (Å²) in [6, 6.07) is 8.41. The fourth-order valence-corrected chi connectivity index (χ4v) is 3.64. The van der Waals surface area contributed by atoms with Gasteiger partial charge in [-0.05, 0) is 25.1 Å². The Morgan fingerprint density at radius 3 is 3.08 bits per heavy atom. The van der Waals surface area contributed by atoms with Crippen LogP contribution >= 0.6 is 0 Å². The Bertz CT molecular complexity index is 915. The normalized spacial score (nSPS) is 17.5. The summed E-state index contributed by atoms with van der Waals surface area (Å²) in [4.78, 5) is 24.4. The molecule has 0 saturated carbocycles. The van der Waals surface area contributed by atoms with Crippen molar-refractivity contribution in [2.24, 2.45) is 0 Å². The van der Waals surface area contributed by atoms with Gasteiger partial charge in [-0.25, -0.2) is 0 Å². The number of H-pyrrole nitrogens is 1. The van der Waals surface area contributed by atoms with E-state index in [4.69, 9.17) is 4.52 Å². The van der Waals surface area contributed by atoms with E-state index in [-0.39, 0.29) is 5.91 Å². The molecular weight excluding hydrogens is 330 g/mol. The van der Waals surface area contributed by atoms with Crippen LogP contribution in [0, 0.1) is 6.92 Å². The van der Waals surface area contributed by atoms with Crippen LogP contribution in [0.15, 0.2) is 35.0 Å². The van der Waals surface area contributed by atoms with Crippen LogP contribution < -0.4 is 0 Å². The summed E-state index contributed by atoms with van der Waals surface area (Å²) < 4.78 is 5.03. The van der Waals surface area contributed by atoms with E-state index in [1.807, 2.05) is 36.3 Å². The molecule has 1 N–H and O–H groups in total. The van der Waals surface area contributed by atoms with Crippen molar-refractivity contribution in [3.63, 3.8) is 0 Å². The zero-order chi connectivity index (χ0) is 18.1. The van der Waals surface area contributed by atoms with E-state index in [9.17, 15) is 4.79 Å². The molecule has 0 radical (unpaired) electrons. The van der Waals surface area contributed by atoms with Gasteiger partial charge in [0, 0.05) is 43.2 Å². The molecule has 1 aliphatic rings. The average Bonchev–Trinajstić information content (AvgIpc) is 3.35. The van der Waals surface area contributed by atoms with Gasteiger partial charge in [-0.2, -0.15) is 4.98 Å². The average molecular weight is 353 g/mol. The van der Waals surface area contributed by atoms with Crippen molar-refractivity contribution < 1.29 is 9.32 Å². The van der Waals surface area contributed by atoms with Crippen LogP contribution in [0.5, 0.6) is 0 Å². The lowest BCUT2D eigenvalue weighted by Gasteiger charge is -2.23. The molecule has 3 aromatic rings. The number of benzene rings is 1. The van der Waals surface area contributed by atoms with Crippen LogP contribution in [-0.2, 0) is 17.8 Å². The molecule has 1 unspecified atom stereocenters. The highest BCUT2D eigenvalue weighted by Crippen LogP contribution is 2.21. The third-order valence-electron chi connectivity index (χ3n) is 5.12. The number of para-hydroxylation sites is 1. The summed E-state index contributed by atoms with van der Waals surface area (Å²) >= 11 is 0. The lowest BCUT2D eigenvalue weighted by atomic mass is 10.1. The van der Waals surface area contributed by atoms with E-state index in [2.05, 4.69) is 26.1 Å². The van der Waals surface area contributed by atoms with Gasteiger partial charge in [0.2, 0.25) is 11.8 Å². The number of fused-ring (bicyclic) bond motifs is 1. The number of rotatable bonds is 5. The first kappa shape index (κ1) is 16.8. The predicted molar refractivity (Wildman–Crippen MR) is 97.5 cm³/mol. The summed E-state index contributed by atoms with van der Waals surface area (Å²) in [6.45, 7) is 3.96. The zero-order valence-corrected chi connectivity index (χ0v) is 15.1. The quantitative estimate of drug-likeness (QED) is 0.760. The van der Waals surface area contributed by atoms with E-state index in [0.717, 1.165) is 36.0 Å². The minimum atomic E-state index is 0.182. The molecule has 136 valence electrons. The monoisotopic (exact) mass is 353 g/mol. The van der Waals surface area contributed by atoms with Gasteiger partial charge in [-0.3, -0.25) is 9.69 Å². The smallest absolute Gasteiger partial charge is 0.227 e. The molecule has 0 spiro atoms. The number of likely N-dealkylation sites (N-methyl/N-ethyl adjacent to an activating group) is 1. The fourth-order valence-electron chi connectivity index (χ4n) is 3.64. The summed E-state index contributed by atoms with van der Waals surface area (Å²) in [5.41, 5.74) is 2.13. The van der Waals surface area contributed by atoms with Crippen molar-refractivity contribution in [1.29, 1.82) is 0 Å². The fraction of sp³-hybridized carbons (Fsp3) is 0.421. The van der Waals surface area contributed by atoms with Crippen LogP contribution in [0.2, 0.25) is 0 Å². The number of aryl methyl sites for hydroxylation is 1. The largest absolute Gasteiger partial charge is 0.361 e. The Balaban J connectivity index is 1.36. The molecule has 0 bridgehead atoms. The molecule has 1 aliphatic heterocycles. The number of hydrogen-bond acceptors (Lipinski definition) is 5. The van der Waals surface area contributed by atoms with Gasteiger partial charge in [0.05, 0.1) is 13.0 Å². The lowest BCUT2D eigenvalue weighted by Crippen LogP contribution is -2.36. The van der Waals surface area contributed by atoms with Gasteiger partial charge in [0.15, 0.2) is 5.82 Å². The second-order valence-electron chi connectivity index (χ2n) is 6.96. The zero-order valence-electron chi connectivity index (χ0n) is 15.1. The summed E-state index contributed by atoms with van der Waals surface area (Å²) in [5.74, 6) is 1.45. The van der Waals surface area contributed by atoms with Crippen molar-refractivity contribution in [3.05, 3.63) is 47.7 Å². The van der Waals surface area contributed by atoms with Gasteiger partial charge >= 0.3 is 0 Å². The number of carbonyl (C=O) groups excluding carboxylic acids is 1. The van der Waals surface area contributed by atoms with Crippen LogP contribution in [0.3, 0.4) is 0 Å². The predicted octanol–water partition coefficient (Wildman–Crippen LogP) is 2.13. The van der Waals surface area contributed by atoms with Crippen molar-refractivity contribution in [2.45, 2.75) is 32.4 Å². The van der Waals surface area contributed by atoms with E-state index in [1.165, 1.54) is 0 Å². The molecule has 1 amide bonds. The van der Waals surface area contributed by atoms with Crippen molar-refractivity contribution in [2.75, 3.05) is 20.1 Å². The Kier molecular flexibility index (Phi) is 4.46. The molecule has 26 heavy (non-hydrogen) atoms. The molecule has 7 heteroatoms. The number of nitrogens with zero attached hydrogens (tertiary/aromatic N) is 4. The molecule has 1 aromatic carbocycles. The first-order valence-electron chi connectivity index (χ1n) is 8.92. The Labute approximate surface area is 152 Å². The number of nitrogens with one attached hydrogen (secondary N) is 1. The molecule has 2 aromatic heterocycles. The highest BCUT2D eigenvalue weighted by Gasteiger charge is 2.29. The van der Waals surface area contributed by atoms with E-state index >= 15 is 0 Å². The molecule has 7 nitrogen and oxygen atoms in total. The standard InChI is InChI=1S/C19H23N5O2/c1-13-21-18(22-26-13)12-23(2)15-7-8-24(11-15)19(25)9-14-10-20-17-6-4-3-5-16(14)17/h3-6,10,15,20H,7-9,11-12H2,1-2H3. The van der Waals surface area contributed by atoms with Gasteiger partial charge in [-0.15, -0.1) is 0 Å². The van der Waals surface area contributed by atoms with Gasteiger partial charge in [0.25, 0.3) is 0 Å². The maximum Gasteiger partial charge on any atom is 0.227 e. The molecule has 1 saturated heterocycles. The number of aromatic amines is 1. The van der Waals surface area contributed by atoms with Crippen molar-refractivity contribution in [3.8, 4) is 0 Å². The Hall–Kier alpha value is -2.67. The van der Waals surface area contributed by atoms with Crippen LogP contribution in [-0.4, -0.2) is 57.0 Å². The van der Waals surface area contributed by atoms with Crippen molar-refractivity contribution >= 4 is 16.8 Å². The summed E-state index contributed by atoms with van der Waals surface area (Å²) in [5, 5.41) is 5.07. The van der Waals surface area contributed by atoms with E-state index in [1.54, 1.807) is 6.92 Å². The minimum Gasteiger partial charge on any atom is -0.361 e. The first-order valence-corrected chi connectivity index (χ1v) is 8.92. The number of aromatic nitrogens is 3. The second kappa shape index (κ2) is 6.92. The SMILES string of the molecule is Cc1nc(CN(C)C2CCN(C(=O)Cc3c[nH]c4ccccc34)C2)no1. The minimum absolute atomic E-state index is 0.182. The topological polar surface area (TPSA) is 78.3 Å². The van der Waals surface area contributed by atoms with Gasteiger partial charge < -0.3 is 14.4 Å². The molecule has 1 atom stereocenters. The first-order chi connectivity index (χ1) is 12.6. The van der Waals surface area contributed by atoms with E-state index in [0.29, 0.717) is 30.7 Å². The molecule has 1 fully saturated rings. The third kappa shape index (κ3) is 3.35. The number of carbonyl (C=O) groups is 1. The molecule has 0 aliphatic carbocycles. The van der Waals surface area contributed by atoms with Gasteiger partial charge in [-0.1, -0.05) is 23.4 Å². The molecule has 3 heterocycles. The highest BCUT2D eigenvalue weighted by molar-refractivity contribution is 5.89. The summed E-state index contributed by atoms with van der Waals surface area (Å²) in [7, 11) is 2.05. The Morgan fingerprint density at radius 1 is 1.42 bits per heavy atom. The third-order valence-corrected chi connectivity index (χ3v) is 5.12. The van der Waals surface area contributed by atoms with Gasteiger partial charge in [0.1, 0.15) is 0 Å². The second-order valence-corrected chi connectivity index (χ2v) is 6.96. The molecular formula is C19H23N5O2. The maximum atomic E-state index is 12.7. The number of hydrogen-bond donors (Lipinski definition) is 1. The van der Waals surface area contributed by atoms with Crippen molar-refractivity contribution in [1.82, 2.24) is 24.9 Å². The highest BCUT2D eigenvalue weighted by atomic mass is 16.5. The van der Waals surface area contributed by atoms with Crippen LogP contribution in [0.25, 0.3) is 10.9 Å². The van der Waals surface area contributed by atoms with Crippen LogP contribution in [0.4, 0.5) is 0 Å². The molecule has 4 rings (SSSR count). The number of likely N-dealkylation sites (tertiary alicyclic amines) is 1. The lowest BCUT2D eigenvalue weighted by molar-refractivity contribution is -0.129. The number of amides is 1. The van der Waals surface area contributed by atoms with E-state index < -0.39 is 0 Å². The maximum absolute atomic E-state index is 12.7. The van der Waals surface area contributed by atoms with Crippen LogP contribution in [0.1, 0.15) is 23.7 Å². The Morgan fingerprint density at radius 2 is 2.27 bits per heavy atom. The summed E-state index contributed by atoms with van der Waals surface area (Å²) in [6.07, 6.45) is 3.35.